The fourth-order valence-electron chi connectivity index (χ4n) is 1.06. The third-order valence-corrected chi connectivity index (χ3v) is 3.15. The third kappa shape index (κ3) is 3.90. The summed E-state index contributed by atoms with van der Waals surface area (Å²) in [5.74, 6) is -5.22. The van der Waals surface area contributed by atoms with Crippen molar-refractivity contribution >= 4 is 24.3 Å². The molecule has 94 valence electrons. The van der Waals surface area contributed by atoms with Gasteiger partial charge in [0, 0.05) is 4.90 Å². The first kappa shape index (κ1) is 14.3. The minimum Gasteiger partial charge on any atom is -0.423 e. The Morgan fingerprint density at radius 1 is 1.24 bits per heavy atom. The standard InChI is InChI=1S/C9H9BF4O2S/c11-8(12)9(13,14)5-17-7-4-2-1-3-6(7)10(15)16/h1-4,8,15-16H,5H2. The second-order valence-corrected chi connectivity index (χ2v) is 4.28. The van der Waals surface area contributed by atoms with E-state index in [-0.39, 0.29) is 10.4 Å². The van der Waals surface area contributed by atoms with Crippen LogP contribution >= 0.6 is 11.8 Å². The molecular formula is C9H9BF4O2S. The van der Waals surface area contributed by atoms with Crippen LogP contribution in [0.25, 0.3) is 0 Å². The lowest BCUT2D eigenvalue weighted by Crippen LogP contribution is -2.33. The normalized spacial score (nSPS) is 11.9. The highest BCUT2D eigenvalue weighted by molar-refractivity contribution is 7.99. The van der Waals surface area contributed by atoms with E-state index in [1.807, 2.05) is 0 Å². The van der Waals surface area contributed by atoms with Crippen molar-refractivity contribution in [1.29, 1.82) is 0 Å². The highest BCUT2D eigenvalue weighted by Gasteiger charge is 2.40. The number of thioether (sulfide) groups is 1. The van der Waals surface area contributed by atoms with E-state index >= 15 is 0 Å². The van der Waals surface area contributed by atoms with Crippen molar-refractivity contribution in [3.05, 3.63) is 24.3 Å². The molecule has 0 atom stereocenters. The van der Waals surface area contributed by atoms with Gasteiger partial charge < -0.3 is 10.0 Å². The zero-order valence-corrected chi connectivity index (χ0v) is 9.30. The van der Waals surface area contributed by atoms with E-state index in [4.69, 9.17) is 10.0 Å². The summed E-state index contributed by atoms with van der Waals surface area (Å²) in [5, 5.41) is 17.9. The van der Waals surface area contributed by atoms with Crippen LogP contribution in [0.15, 0.2) is 29.2 Å². The van der Waals surface area contributed by atoms with Gasteiger partial charge in [-0.15, -0.1) is 11.8 Å². The maximum atomic E-state index is 12.7. The van der Waals surface area contributed by atoms with Crippen LogP contribution < -0.4 is 5.46 Å². The average Bonchev–Trinajstić information content (AvgIpc) is 2.26. The summed E-state index contributed by atoms with van der Waals surface area (Å²) in [6.07, 6.45) is -3.73. The molecule has 0 amide bonds. The van der Waals surface area contributed by atoms with Crippen molar-refractivity contribution in [1.82, 2.24) is 0 Å². The summed E-state index contributed by atoms with van der Waals surface area (Å²) in [6, 6.07) is 5.67. The smallest absolute Gasteiger partial charge is 0.423 e. The first-order chi connectivity index (χ1) is 7.84. The summed E-state index contributed by atoms with van der Waals surface area (Å²) in [4.78, 5) is 0.142. The van der Waals surface area contributed by atoms with E-state index < -0.39 is 25.2 Å². The topological polar surface area (TPSA) is 40.5 Å². The predicted octanol–water partition coefficient (Wildman–Crippen LogP) is 1.36. The van der Waals surface area contributed by atoms with E-state index in [2.05, 4.69) is 0 Å². The quantitative estimate of drug-likeness (QED) is 0.481. The van der Waals surface area contributed by atoms with Crippen molar-refractivity contribution in [2.24, 2.45) is 0 Å². The molecule has 0 saturated heterocycles. The van der Waals surface area contributed by atoms with E-state index in [0.29, 0.717) is 11.8 Å². The number of halogens is 4. The number of hydrogen-bond acceptors (Lipinski definition) is 3. The highest BCUT2D eigenvalue weighted by atomic mass is 32.2. The minimum atomic E-state index is -4.10. The van der Waals surface area contributed by atoms with Gasteiger partial charge in [0.2, 0.25) is 0 Å². The number of rotatable bonds is 5. The molecule has 0 bridgehead atoms. The van der Waals surface area contributed by atoms with Crippen LogP contribution in [0.4, 0.5) is 17.6 Å². The largest absolute Gasteiger partial charge is 0.489 e. The molecule has 2 nitrogen and oxygen atoms in total. The fraction of sp³-hybridized carbons (Fsp3) is 0.333. The average molecular weight is 268 g/mol. The van der Waals surface area contributed by atoms with Crippen LogP contribution in [0, 0.1) is 0 Å². The van der Waals surface area contributed by atoms with Crippen molar-refractivity contribution in [2.75, 3.05) is 5.75 Å². The maximum Gasteiger partial charge on any atom is 0.489 e. The van der Waals surface area contributed by atoms with Gasteiger partial charge >= 0.3 is 19.5 Å². The zero-order valence-electron chi connectivity index (χ0n) is 8.49. The Balaban J connectivity index is 2.76. The van der Waals surface area contributed by atoms with Crippen LogP contribution in [0.2, 0.25) is 0 Å². The van der Waals surface area contributed by atoms with E-state index in [9.17, 15) is 17.6 Å². The van der Waals surface area contributed by atoms with Crippen molar-refractivity contribution < 1.29 is 27.6 Å². The number of alkyl halides is 4. The molecule has 0 saturated carbocycles. The lowest BCUT2D eigenvalue weighted by atomic mass is 9.80. The Bertz CT molecular complexity index is 376. The Morgan fingerprint density at radius 3 is 2.35 bits per heavy atom. The van der Waals surface area contributed by atoms with E-state index in [1.54, 1.807) is 0 Å². The molecular weight excluding hydrogens is 259 g/mol. The van der Waals surface area contributed by atoms with Crippen molar-refractivity contribution in [2.45, 2.75) is 17.2 Å². The van der Waals surface area contributed by atoms with Gasteiger partial charge in [-0.25, -0.2) is 8.78 Å². The Kier molecular flexibility index (Phi) is 4.85. The Labute approximate surface area is 99.8 Å². The number of benzene rings is 1. The SMILES string of the molecule is OB(O)c1ccccc1SCC(F)(F)C(F)F. The summed E-state index contributed by atoms with van der Waals surface area (Å²) in [5.41, 5.74) is 0.0163. The second-order valence-electron chi connectivity index (χ2n) is 3.26. The predicted molar refractivity (Wildman–Crippen MR) is 57.9 cm³/mol. The summed E-state index contributed by atoms with van der Waals surface area (Å²) in [6.45, 7) is 0. The maximum absolute atomic E-state index is 12.7. The molecule has 17 heavy (non-hydrogen) atoms. The van der Waals surface area contributed by atoms with Gasteiger partial charge in [0.05, 0.1) is 5.75 Å². The van der Waals surface area contributed by atoms with Crippen molar-refractivity contribution in [3.8, 4) is 0 Å². The number of hydrogen-bond donors (Lipinski definition) is 2. The molecule has 0 spiro atoms. The minimum absolute atomic E-state index is 0.0163. The second kappa shape index (κ2) is 5.75. The molecule has 2 N–H and O–H groups in total. The van der Waals surface area contributed by atoms with Crippen LogP contribution in [-0.4, -0.2) is 35.3 Å². The lowest BCUT2D eigenvalue weighted by molar-refractivity contribution is -0.109. The van der Waals surface area contributed by atoms with Crippen LogP contribution in [-0.2, 0) is 0 Å². The molecule has 0 radical (unpaired) electrons. The Morgan fingerprint density at radius 2 is 1.82 bits per heavy atom. The van der Waals surface area contributed by atoms with E-state index in [0.717, 1.165) is 0 Å². The molecule has 1 aromatic rings. The molecule has 0 heterocycles. The fourth-order valence-corrected chi connectivity index (χ4v) is 2.05. The van der Waals surface area contributed by atoms with Gasteiger partial charge in [-0.1, -0.05) is 18.2 Å². The molecule has 0 unspecified atom stereocenters. The van der Waals surface area contributed by atoms with Gasteiger partial charge in [-0.2, -0.15) is 8.78 Å². The first-order valence-electron chi connectivity index (χ1n) is 4.58. The monoisotopic (exact) mass is 268 g/mol. The van der Waals surface area contributed by atoms with Crippen LogP contribution in [0.5, 0.6) is 0 Å². The summed E-state index contributed by atoms with van der Waals surface area (Å²) < 4.78 is 49.2. The summed E-state index contributed by atoms with van der Waals surface area (Å²) in [7, 11) is -1.82. The van der Waals surface area contributed by atoms with Gasteiger partial charge in [-0.3, -0.25) is 0 Å². The van der Waals surface area contributed by atoms with Gasteiger partial charge in [-0.05, 0) is 11.5 Å². The highest BCUT2D eigenvalue weighted by Crippen LogP contribution is 2.30. The lowest BCUT2D eigenvalue weighted by Gasteiger charge is -2.15. The van der Waals surface area contributed by atoms with Gasteiger partial charge in [0.1, 0.15) is 0 Å². The van der Waals surface area contributed by atoms with Crippen LogP contribution in [0.3, 0.4) is 0 Å². The molecule has 0 aliphatic heterocycles. The molecule has 1 aromatic carbocycles. The molecule has 0 fully saturated rings. The third-order valence-electron chi connectivity index (χ3n) is 1.94. The van der Waals surface area contributed by atoms with Gasteiger partial charge in [0.25, 0.3) is 0 Å². The van der Waals surface area contributed by atoms with Crippen molar-refractivity contribution in [3.63, 3.8) is 0 Å². The molecule has 8 heteroatoms. The van der Waals surface area contributed by atoms with Gasteiger partial charge in [0.15, 0.2) is 0 Å². The first-order valence-corrected chi connectivity index (χ1v) is 5.57. The Hall–Kier alpha value is -0.725. The summed E-state index contributed by atoms with van der Waals surface area (Å²) >= 11 is 0.461. The molecule has 0 aliphatic rings. The van der Waals surface area contributed by atoms with Crippen LogP contribution in [0.1, 0.15) is 0 Å². The molecule has 1 rings (SSSR count). The zero-order chi connectivity index (χ0) is 13.1. The van der Waals surface area contributed by atoms with E-state index in [1.165, 1.54) is 24.3 Å². The molecule has 0 aliphatic carbocycles. The molecule has 0 aromatic heterocycles.